The first-order valence-electron chi connectivity index (χ1n) is 11.0. The molecule has 0 aliphatic carbocycles. The van der Waals surface area contributed by atoms with Gasteiger partial charge in [0, 0.05) is 11.8 Å². The van der Waals surface area contributed by atoms with Gasteiger partial charge < -0.3 is 4.74 Å². The second-order valence-corrected chi connectivity index (χ2v) is 8.16. The van der Waals surface area contributed by atoms with Crippen LogP contribution in [-0.4, -0.2) is 17.4 Å². The van der Waals surface area contributed by atoms with Crippen molar-refractivity contribution in [1.29, 1.82) is 0 Å². The lowest BCUT2D eigenvalue weighted by atomic mass is 10.0. The van der Waals surface area contributed by atoms with Gasteiger partial charge >= 0.3 is 5.97 Å². The number of rotatable bonds is 19. The molecular weight excluding hydrogens is 376 g/mol. The van der Waals surface area contributed by atoms with Gasteiger partial charge in [-0.25, -0.2) is 0 Å². The zero-order valence-electron chi connectivity index (χ0n) is 17.0. The molecule has 0 unspecified atom stereocenters. The molecule has 0 aliphatic rings. The Kier molecular flexibility index (Phi) is 20.2. The fourth-order valence-corrected chi connectivity index (χ4v) is 3.57. The standard InChI is InChI=1S/C22H43BrO2/c1-3-5-7-13-17-21(18-14-8-6-4-2)25-22(24)19-15-11-9-10-12-16-20-23/h21H,3-20H2,1-2H3. The van der Waals surface area contributed by atoms with Crippen molar-refractivity contribution >= 4 is 21.9 Å². The third kappa shape index (κ3) is 18.5. The Bertz CT molecular complexity index is 269. The third-order valence-corrected chi connectivity index (χ3v) is 5.38. The molecule has 0 N–H and O–H groups in total. The lowest BCUT2D eigenvalue weighted by Crippen LogP contribution is -2.18. The predicted molar refractivity (Wildman–Crippen MR) is 114 cm³/mol. The number of hydrogen-bond donors (Lipinski definition) is 0. The van der Waals surface area contributed by atoms with Crippen LogP contribution in [-0.2, 0) is 9.53 Å². The molecule has 0 aromatic heterocycles. The van der Waals surface area contributed by atoms with E-state index in [4.69, 9.17) is 4.74 Å². The second-order valence-electron chi connectivity index (χ2n) is 7.37. The Morgan fingerprint density at radius 3 is 1.72 bits per heavy atom. The Morgan fingerprint density at radius 2 is 1.20 bits per heavy atom. The minimum Gasteiger partial charge on any atom is -0.462 e. The summed E-state index contributed by atoms with van der Waals surface area (Å²) in [5.41, 5.74) is 0. The number of unbranched alkanes of at least 4 members (excludes halogenated alkanes) is 11. The maximum Gasteiger partial charge on any atom is 0.306 e. The molecule has 0 amide bonds. The number of alkyl halides is 1. The predicted octanol–water partition coefficient (Wildman–Crippen LogP) is 7.96. The highest BCUT2D eigenvalue weighted by Gasteiger charge is 2.14. The zero-order chi connectivity index (χ0) is 18.6. The number of ether oxygens (including phenoxy) is 1. The van der Waals surface area contributed by atoms with Crippen molar-refractivity contribution in [3.8, 4) is 0 Å². The maximum absolute atomic E-state index is 12.1. The fourth-order valence-electron chi connectivity index (χ4n) is 3.18. The molecule has 0 bridgehead atoms. The SMILES string of the molecule is CCCCCCC(CCCCCC)OC(=O)CCCCCCCCBr. The lowest BCUT2D eigenvalue weighted by Gasteiger charge is -2.18. The van der Waals surface area contributed by atoms with E-state index in [-0.39, 0.29) is 12.1 Å². The summed E-state index contributed by atoms with van der Waals surface area (Å²) in [6, 6.07) is 0. The summed E-state index contributed by atoms with van der Waals surface area (Å²) >= 11 is 3.47. The van der Waals surface area contributed by atoms with Crippen LogP contribution in [0.1, 0.15) is 123 Å². The number of esters is 1. The highest BCUT2D eigenvalue weighted by atomic mass is 79.9. The van der Waals surface area contributed by atoms with Crippen molar-refractivity contribution in [1.82, 2.24) is 0 Å². The van der Waals surface area contributed by atoms with Crippen LogP contribution in [0, 0.1) is 0 Å². The maximum atomic E-state index is 12.1. The van der Waals surface area contributed by atoms with E-state index in [0.29, 0.717) is 6.42 Å². The van der Waals surface area contributed by atoms with Crippen molar-refractivity contribution in [2.45, 2.75) is 129 Å². The topological polar surface area (TPSA) is 26.3 Å². The van der Waals surface area contributed by atoms with Gasteiger partial charge in [-0.05, 0) is 38.5 Å². The molecule has 0 heterocycles. The molecule has 0 saturated heterocycles. The zero-order valence-corrected chi connectivity index (χ0v) is 18.6. The van der Waals surface area contributed by atoms with Crippen LogP contribution in [0.3, 0.4) is 0 Å². The van der Waals surface area contributed by atoms with Crippen LogP contribution in [0.4, 0.5) is 0 Å². The number of hydrogen-bond acceptors (Lipinski definition) is 2. The Hall–Kier alpha value is -0.0500. The van der Waals surface area contributed by atoms with E-state index in [1.807, 2.05) is 0 Å². The molecule has 0 atom stereocenters. The molecule has 0 spiro atoms. The highest BCUT2D eigenvalue weighted by molar-refractivity contribution is 9.09. The highest BCUT2D eigenvalue weighted by Crippen LogP contribution is 2.17. The van der Waals surface area contributed by atoms with Gasteiger partial charge in [0.05, 0.1) is 0 Å². The first kappa shape index (κ1) is 24.9. The van der Waals surface area contributed by atoms with Crippen LogP contribution in [0.5, 0.6) is 0 Å². The summed E-state index contributed by atoms with van der Waals surface area (Å²) in [7, 11) is 0. The molecule has 0 saturated carbocycles. The summed E-state index contributed by atoms with van der Waals surface area (Å²) < 4.78 is 5.81. The molecule has 3 heteroatoms. The van der Waals surface area contributed by atoms with E-state index in [1.165, 1.54) is 77.0 Å². The van der Waals surface area contributed by atoms with Crippen molar-refractivity contribution in [3.05, 3.63) is 0 Å². The molecular formula is C22H43BrO2. The minimum atomic E-state index is 0.0384. The average Bonchev–Trinajstić information content (AvgIpc) is 2.61. The Balaban J connectivity index is 3.87. The van der Waals surface area contributed by atoms with Crippen LogP contribution in [0.2, 0.25) is 0 Å². The van der Waals surface area contributed by atoms with Crippen LogP contribution >= 0.6 is 15.9 Å². The smallest absolute Gasteiger partial charge is 0.306 e. The summed E-state index contributed by atoms with van der Waals surface area (Å²) in [6.07, 6.45) is 20.2. The van der Waals surface area contributed by atoms with E-state index in [0.717, 1.165) is 31.0 Å². The Morgan fingerprint density at radius 1 is 0.720 bits per heavy atom. The fraction of sp³-hybridized carbons (Fsp3) is 0.955. The quantitative estimate of drug-likeness (QED) is 0.121. The molecule has 0 fully saturated rings. The van der Waals surface area contributed by atoms with Crippen LogP contribution < -0.4 is 0 Å². The molecule has 2 nitrogen and oxygen atoms in total. The van der Waals surface area contributed by atoms with E-state index in [2.05, 4.69) is 29.8 Å². The molecule has 0 aromatic carbocycles. The van der Waals surface area contributed by atoms with Gasteiger partial charge in [0.1, 0.15) is 6.10 Å². The normalized spacial score (nSPS) is 11.2. The molecule has 150 valence electrons. The Labute approximate surface area is 166 Å². The summed E-state index contributed by atoms with van der Waals surface area (Å²) in [6.45, 7) is 4.48. The van der Waals surface area contributed by atoms with E-state index in [9.17, 15) is 4.79 Å². The number of carbonyl (C=O) groups excluding carboxylic acids is 1. The lowest BCUT2D eigenvalue weighted by molar-refractivity contribution is -0.150. The van der Waals surface area contributed by atoms with Gasteiger partial charge in [-0.2, -0.15) is 0 Å². The van der Waals surface area contributed by atoms with Crippen molar-refractivity contribution in [2.75, 3.05) is 5.33 Å². The van der Waals surface area contributed by atoms with Crippen molar-refractivity contribution in [3.63, 3.8) is 0 Å². The molecule has 0 rings (SSSR count). The van der Waals surface area contributed by atoms with Crippen molar-refractivity contribution in [2.24, 2.45) is 0 Å². The summed E-state index contributed by atoms with van der Waals surface area (Å²) in [4.78, 5) is 12.1. The van der Waals surface area contributed by atoms with E-state index < -0.39 is 0 Å². The van der Waals surface area contributed by atoms with Gasteiger partial charge in [-0.15, -0.1) is 0 Å². The monoisotopic (exact) mass is 418 g/mol. The largest absolute Gasteiger partial charge is 0.462 e. The van der Waals surface area contributed by atoms with Gasteiger partial charge in [0.15, 0.2) is 0 Å². The molecule has 0 radical (unpaired) electrons. The first-order valence-corrected chi connectivity index (χ1v) is 12.1. The van der Waals surface area contributed by atoms with Gasteiger partial charge in [0.2, 0.25) is 0 Å². The number of carbonyl (C=O) groups is 1. The molecule has 0 aliphatic heterocycles. The second kappa shape index (κ2) is 20.3. The van der Waals surface area contributed by atoms with E-state index >= 15 is 0 Å². The van der Waals surface area contributed by atoms with Crippen molar-refractivity contribution < 1.29 is 9.53 Å². The molecule has 25 heavy (non-hydrogen) atoms. The van der Waals surface area contributed by atoms with Crippen LogP contribution in [0.25, 0.3) is 0 Å². The third-order valence-electron chi connectivity index (χ3n) is 4.82. The van der Waals surface area contributed by atoms with E-state index in [1.54, 1.807) is 0 Å². The van der Waals surface area contributed by atoms with Crippen LogP contribution in [0.15, 0.2) is 0 Å². The number of halogens is 1. The minimum absolute atomic E-state index is 0.0384. The average molecular weight is 419 g/mol. The van der Waals surface area contributed by atoms with Gasteiger partial charge in [-0.1, -0.05) is 94.0 Å². The van der Waals surface area contributed by atoms with Gasteiger partial charge in [0.25, 0.3) is 0 Å². The summed E-state index contributed by atoms with van der Waals surface area (Å²) in [5.74, 6) is 0.0384. The summed E-state index contributed by atoms with van der Waals surface area (Å²) in [5, 5.41) is 1.11. The van der Waals surface area contributed by atoms with Gasteiger partial charge in [-0.3, -0.25) is 4.79 Å². The molecule has 0 aromatic rings. The first-order chi connectivity index (χ1) is 12.2.